The van der Waals surface area contributed by atoms with Crippen LogP contribution in [-0.4, -0.2) is 43.7 Å². The minimum atomic E-state index is -4.64. The molecule has 0 atom stereocenters. The van der Waals surface area contributed by atoms with E-state index in [0.717, 1.165) is 10.2 Å². The van der Waals surface area contributed by atoms with Crippen molar-refractivity contribution in [3.8, 4) is 5.88 Å². The Morgan fingerprint density at radius 2 is 2.11 bits per heavy atom. The molecule has 0 spiro atoms. The Labute approximate surface area is 151 Å². The van der Waals surface area contributed by atoms with E-state index >= 15 is 0 Å². The molecule has 4 heterocycles. The summed E-state index contributed by atoms with van der Waals surface area (Å²) in [5, 5.41) is 3.29. The number of carbonyl (C=O) groups excluding carboxylic acids is 1. The van der Waals surface area contributed by atoms with E-state index in [4.69, 9.17) is 4.74 Å². The second kappa shape index (κ2) is 6.22. The number of nitrogens with zero attached hydrogens (tertiary/aromatic N) is 5. The number of amides is 1. The average Bonchev–Trinajstić information content (AvgIpc) is 2.84. The highest BCUT2D eigenvalue weighted by molar-refractivity contribution is 5.97. The Bertz CT molecular complexity index is 1030. The van der Waals surface area contributed by atoms with E-state index in [9.17, 15) is 18.0 Å². The first kappa shape index (κ1) is 17.3. The Morgan fingerprint density at radius 1 is 1.30 bits per heavy atom. The molecule has 140 valence electrons. The third kappa shape index (κ3) is 3.07. The summed E-state index contributed by atoms with van der Waals surface area (Å²) in [6.07, 6.45) is -1.78. The molecular formula is C17H14F3N5O2. The lowest BCUT2D eigenvalue weighted by atomic mass is 10.1. The number of fused-ring (bicyclic) bond motifs is 2. The van der Waals surface area contributed by atoms with Gasteiger partial charge in [-0.2, -0.15) is 18.3 Å². The van der Waals surface area contributed by atoms with Gasteiger partial charge in [-0.15, -0.1) is 0 Å². The molecule has 7 nitrogen and oxygen atoms in total. The van der Waals surface area contributed by atoms with Gasteiger partial charge in [-0.25, -0.2) is 14.6 Å². The Morgan fingerprint density at radius 3 is 2.89 bits per heavy atom. The molecule has 0 saturated carbocycles. The fourth-order valence-electron chi connectivity index (χ4n) is 3.03. The number of pyridine rings is 2. The smallest absolute Gasteiger partial charge is 0.435 e. The Hall–Kier alpha value is -3.17. The molecule has 3 aromatic heterocycles. The highest BCUT2D eigenvalue weighted by atomic mass is 19.4. The van der Waals surface area contributed by atoms with Gasteiger partial charge in [-0.1, -0.05) is 6.07 Å². The van der Waals surface area contributed by atoms with Gasteiger partial charge in [0.25, 0.3) is 5.91 Å². The second-order valence-corrected chi connectivity index (χ2v) is 6.11. The molecule has 1 amide bonds. The zero-order chi connectivity index (χ0) is 19.2. The lowest BCUT2D eigenvalue weighted by molar-refractivity contribution is -0.140. The summed E-state index contributed by atoms with van der Waals surface area (Å²) in [4.78, 5) is 22.5. The van der Waals surface area contributed by atoms with Crippen molar-refractivity contribution in [1.29, 1.82) is 0 Å². The van der Waals surface area contributed by atoms with Crippen molar-refractivity contribution in [3.05, 3.63) is 47.4 Å². The number of aromatic nitrogens is 4. The van der Waals surface area contributed by atoms with Gasteiger partial charge in [0, 0.05) is 25.0 Å². The molecule has 0 saturated heterocycles. The summed E-state index contributed by atoms with van der Waals surface area (Å²) in [7, 11) is 1.38. The SMILES string of the molecule is Cn1nc(C(F)(F)F)c2cc(C(=O)N3CCOc4ncccc4C3)cnc21. The van der Waals surface area contributed by atoms with E-state index in [0.29, 0.717) is 5.88 Å². The Kier molecular flexibility index (Phi) is 3.97. The number of alkyl halides is 3. The van der Waals surface area contributed by atoms with Crippen LogP contribution in [0.2, 0.25) is 0 Å². The van der Waals surface area contributed by atoms with Gasteiger partial charge in [0.2, 0.25) is 5.88 Å². The van der Waals surface area contributed by atoms with Crippen LogP contribution in [0.5, 0.6) is 5.88 Å². The fraction of sp³-hybridized carbons (Fsp3) is 0.294. The first-order chi connectivity index (χ1) is 12.8. The van der Waals surface area contributed by atoms with Gasteiger partial charge in [0.1, 0.15) is 6.61 Å². The average molecular weight is 377 g/mol. The number of halogens is 3. The first-order valence-electron chi connectivity index (χ1n) is 8.10. The van der Waals surface area contributed by atoms with Crippen LogP contribution in [0.15, 0.2) is 30.6 Å². The Balaban J connectivity index is 1.71. The molecule has 0 bridgehead atoms. The van der Waals surface area contributed by atoms with Gasteiger partial charge < -0.3 is 9.64 Å². The highest BCUT2D eigenvalue weighted by Crippen LogP contribution is 2.33. The summed E-state index contributed by atoms with van der Waals surface area (Å²) >= 11 is 0. The molecule has 10 heteroatoms. The lowest BCUT2D eigenvalue weighted by Gasteiger charge is -2.19. The lowest BCUT2D eigenvalue weighted by Crippen LogP contribution is -2.32. The maximum atomic E-state index is 13.2. The summed E-state index contributed by atoms with van der Waals surface area (Å²) < 4.78 is 46.2. The molecule has 0 N–H and O–H groups in total. The summed E-state index contributed by atoms with van der Waals surface area (Å²) in [5.41, 5.74) is -0.202. The van der Waals surface area contributed by atoms with Crippen LogP contribution in [0.25, 0.3) is 11.0 Å². The van der Waals surface area contributed by atoms with Gasteiger partial charge in [-0.05, 0) is 12.1 Å². The summed E-state index contributed by atoms with van der Waals surface area (Å²) in [6.45, 7) is 0.776. The normalized spacial score (nSPS) is 14.6. The van der Waals surface area contributed by atoms with Crippen LogP contribution in [0.1, 0.15) is 21.6 Å². The molecule has 0 unspecified atom stereocenters. The molecule has 0 fully saturated rings. The van der Waals surface area contributed by atoms with E-state index in [-0.39, 0.29) is 36.3 Å². The molecule has 27 heavy (non-hydrogen) atoms. The number of aryl methyl sites for hydroxylation is 1. The fourth-order valence-corrected chi connectivity index (χ4v) is 3.03. The van der Waals surface area contributed by atoms with Crippen molar-refractivity contribution < 1.29 is 22.7 Å². The van der Waals surface area contributed by atoms with Crippen molar-refractivity contribution in [2.24, 2.45) is 7.05 Å². The van der Waals surface area contributed by atoms with Gasteiger partial charge >= 0.3 is 6.18 Å². The first-order valence-corrected chi connectivity index (χ1v) is 8.10. The monoisotopic (exact) mass is 377 g/mol. The van der Waals surface area contributed by atoms with Crippen molar-refractivity contribution in [2.75, 3.05) is 13.2 Å². The van der Waals surface area contributed by atoms with Crippen molar-refractivity contribution in [1.82, 2.24) is 24.6 Å². The van der Waals surface area contributed by atoms with Crippen LogP contribution >= 0.6 is 0 Å². The third-order valence-corrected chi connectivity index (χ3v) is 4.29. The quantitative estimate of drug-likeness (QED) is 0.651. The van der Waals surface area contributed by atoms with Crippen LogP contribution < -0.4 is 4.74 Å². The van der Waals surface area contributed by atoms with Crippen LogP contribution in [0, 0.1) is 0 Å². The number of hydrogen-bond donors (Lipinski definition) is 0. The zero-order valence-electron chi connectivity index (χ0n) is 14.2. The minimum absolute atomic E-state index is 0.0626. The molecular weight excluding hydrogens is 363 g/mol. The molecule has 0 aliphatic carbocycles. The zero-order valence-corrected chi connectivity index (χ0v) is 14.2. The van der Waals surface area contributed by atoms with E-state index < -0.39 is 17.8 Å². The number of carbonyl (C=O) groups is 1. The van der Waals surface area contributed by atoms with Crippen molar-refractivity contribution in [2.45, 2.75) is 12.7 Å². The largest absolute Gasteiger partial charge is 0.476 e. The molecule has 1 aliphatic rings. The summed E-state index contributed by atoms with van der Waals surface area (Å²) in [5.74, 6) is 0.0228. The van der Waals surface area contributed by atoms with Crippen LogP contribution in [0.3, 0.4) is 0 Å². The van der Waals surface area contributed by atoms with Crippen molar-refractivity contribution >= 4 is 16.9 Å². The van der Waals surface area contributed by atoms with E-state index in [1.165, 1.54) is 24.2 Å². The third-order valence-electron chi connectivity index (χ3n) is 4.29. The molecule has 3 aromatic rings. The summed E-state index contributed by atoms with van der Waals surface area (Å²) in [6, 6.07) is 4.71. The van der Waals surface area contributed by atoms with Crippen LogP contribution in [0.4, 0.5) is 13.2 Å². The van der Waals surface area contributed by atoms with Gasteiger partial charge in [0.05, 0.1) is 24.0 Å². The number of rotatable bonds is 1. The predicted octanol–water partition coefficient (Wildman–Crippen LogP) is 2.42. The second-order valence-electron chi connectivity index (χ2n) is 6.11. The molecule has 4 rings (SSSR count). The maximum Gasteiger partial charge on any atom is 0.435 e. The number of ether oxygens (including phenoxy) is 1. The highest BCUT2D eigenvalue weighted by Gasteiger charge is 2.37. The minimum Gasteiger partial charge on any atom is -0.476 e. The van der Waals surface area contributed by atoms with E-state index in [1.54, 1.807) is 18.3 Å². The standard InChI is InChI=1S/C17H14F3N5O2/c1-24-14-12(13(23-24)17(18,19)20)7-11(8-22-14)16(26)25-5-6-27-15-10(9-25)3-2-4-21-15/h2-4,7-8H,5-6,9H2,1H3. The van der Waals surface area contributed by atoms with E-state index in [1.807, 2.05) is 0 Å². The molecule has 0 radical (unpaired) electrons. The van der Waals surface area contributed by atoms with Gasteiger partial charge in [0.15, 0.2) is 11.3 Å². The van der Waals surface area contributed by atoms with Crippen molar-refractivity contribution in [3.63, 3.8) is 0 Å². The number of hydrogen-bond acceptors (Lipinski definition) is 5. The van der Waals surface area contributed by atoms with Crippen LogP contribution in [-0.2, 0) is 19.8 Å². The van der Waals surface area contributed by atoms with Gasteiger partial charge in [-0.3, -0.25) is 4.79 Å². The molecule has 1 aliphatic heterocycles. The maximum absolute atomic E-state index is 13.2. The topological polar surface area (TPSA) is 73.1 Å². The molecule has 0 aromatic carbocycles. The predicted molar refractivity (Wildman–Crippen MR) is 88.0 cm³/mol. The van der Waals surface area contributed by atoms with E-state index in [2.05, 4.69) is 15.1 Å².